The van der Waals surface area contributed by atoms with Crippen LogP contribution in [0.4, 0.5) is 4.79 Å². The number of likely N-dealkylation sites (tertiary alicyclic amines) is 1. The summed E-state index contributed by atoms with van der Waals surface area (Å²) in [7, 11) is 1.08. The molecule has 2 fully saturated rings. The number of alkyl carbamates (subject to hydrolysis) is 1. The van der Waals surface area contributed by atoms with Crippen LogP contribution in [-0.4, -0.2) is 67.1 Å². The highest BCUT2D eigenvalue weighted by atomic mass is 16.7. The number of nitrogens with zero attached hydrogens (tertiary/aromatic N) is 1. The second-order valence-electron chi connectivity index (χ2n) is 11.2. The van der Waals surface area contributed by atoms with Gasteiger partial charge in [-0.1, -0.05) is 12.1 Å². The number of nitrogens with one attached hydrogen (secondary N) is 1. The molecule has 9 heteroatoms. The molecule has 0 unspecified atom stereocenters. The van der Waals surface area contributed by atoms with Crippen molar-refractivity contribution in [2.75, 3.05) is 20.2 Å². The lowest BCUT2D eigenvalue weighted by atomic mass is 9.78. The first-order chi connectivity index (χ1) is 15.7. The Bertz CT molecular complexity index is 895. The first-order valence-electron chi connectivity index (χ1n) is 12.0. The molecule has 1 aromatic rings. The number of hydrogen-bond acceptors (Lipinski definition) is 6. The minimum Gasteiger partial charge on any atom is -0.496 e. The van der Waals surface area contributed by atoms with Crippen LogP contribution in [0.2, 0.25) is 0 Å². The zero-order chi connectivity index (χ0) is 25.3. The van der Waals surface area contributed by atoms with Gasteiger partial charge in [0.2, 0.25) is 5.91 Å². The second kappa shape index (κ2) is 9.78. The van der Waals surface area contributed by atoms with Crippen molar-refractivity contribution in [2.24, 2.45) is 0 Å². The van der Waals surface area contributed by atoms with E-state index in [-0.39, 0.29) is 18.4 Å². The Morgan fingerprint density at radius 1 is 1.18 bits per heavy atom. The van der Waals surface area contributed by atoms with Gasteiger partial charge in [-0.3, -0.25) is 4.79 Å². The molecule has 0 radical (unpaired) electrons. The van der Waals surface area contributed by atoms with E-state index in [2.05, 4.69) is 5.32 Å². The van der Waals surface area contributed by atoms with Crippen molar-refractivity contribution in [3.8, 4) is 5.75 Å². The van der Waals surface area contributed by atoms with E-state index >= 15 is 0 Å². The molecule has 0 bridgehead atoms. The van der Waals surface area contributed by atoms with E-state index < -0.39 is 30.0 Å². The van der Waals surface area contributed by atoms with E-state index in [1.165, 1.54) is 0 Å². The maximum atomic E-state index is 13.2. The van der Waals surface area contributed by atoms with E-state index in [0.717, 1.165) is 23.9 Å². The van der Waals surface area contributed by atoms with Crippen LogP contribution < -0.4 is 15.5 Å². The molecule has 1 atom stereocenters. The fraction of sp³-hybridized carbons (Fsp3) is 0.680. The third-order valence-electron chi connectivity index (χ3n) is 6.67. The van der Waals surface area contributed by atoms with Crippen LogP contribution in [0, 0.1) is 0 Å². The Labute approximate surface area is 203 Å². The SMILES string of the molecule is COc1ccc(B2OC(C)(C)C(C)(C)O2)cc1CC(=O)N1CCC[C@H](NC(=O)OC(C)(C)C)C1. The average molecular weight is 474 g/mol. The molecule has 0 saturated carbocycles. The molecule has 2 saturated heterocycles. The van der Waals surface area contributed by atoms with E-state index in [0.29, 0.717) is 18.8 Å². The van der Waals surface area contributed by atoms with Gasteiger partial charge >= 0.3 is 13.2 Å². The van der Waals surface area contributed by atoms with Crippen molar-refractivity contribution in [1.82, 2.24) is 10.2 Å². The van der Waals surface area contributed by atoms with Gasteiger partial charge in [0, 0.05) is 24.7 Å². The normalized spacial score (nSPS) is 21.8. The molecule has 8 nitrogen and oxygen atoms in total. The number of piperidine rings is 1. The Balaban J connectivity index is 1.68. The van der Waals surface area contributed by atoms with Crippen molar-refractivity contribution >= 4 is 24.6 Å². The summed E-state index contributed by atoms with van der Waals surface area (Å²) in [6.45, 7) is 14.6. The molecular weight excluding hydrogens is 435 g/mol. The third kappa shape index (κ3) is 6.24. The van der Waals surface area contributed by atoms with Gasteiger partial charge in [0.25, 0.3) is 0 Å². The Kier molecular flexibility index (Phi) is 7.58. The van der Waals surface area contributed by atoms with Crippen molar-refractivity contribution in [3.05, 3.63) is 23.8 Å². The average Bonchev–Trinajstić information content (AvgIpc) is 2.93. The summed E-state index contributed by atoms with van der Waals surface area (Å²) in [6, 6.07) is 5.56. The summed E-state index contributed by atoms with van der Waals surface area (Å²) < 4.78 is 23.2. The molecule has 0 aromatic heterocycles. The molecule has 0 aliphatic carbocycles. The van der Waals surface area contributed by atoms with Gasteiger partial charge in [0.05, 0.1) is 24.7 Å². The minimum absolute atomic E-state index is 0.0138. The summed E-state index contributed by atoms with van der Waals surface area (Å²) in [6.07, 6.45) is 1.36. The van der Waals surface area contributed by atoms with E-state index in [9.17, 15) is 9.59 Å². The molecule has 3 rings (SSSR count). The maximum absolute atomic E-state index is 13.2. The summed E-state index contributed by atoms with van der Waals surface area (Å²) in [4.78, 5) is 27.2. The van der Waals surface area contributed by atoms with Gasteiger partial charge < -0.3 is 29.0 Å². The fourth-order valence-corrected chi connectivity index (χ4v) is 4.13. The summed E-state index contributed by atoms with van der Waals surface area (Å²) in [5, 5.41) is 2.90. The quantitative estimate of drug-likeness (QED) is 0.661. The number of benzene rings is 1. The van der Waals surface area contributed by atoms with E-state index in [1.54, 1.807) is 12.0 Å². The molecule has 1 N–H and O–H groups in total. The number of hydrogen-bond donors (Lipinski definition) is 1. The molecule has 2 heterocycles. The molecular formula is C25H39BN2O6. The van der Waals surface area contributed by atoms with Crippen molar-refractivity contribution < 1.29 is 28.4 Å². The van der Waals surface area contributed by atoms with Crippen LogP contribution in [0.25, 0.3) is 0 Å². The molecule has 2 aliphatic heterocycles. The predicted molar refractivity (Wildman–Crippen MR) is 131 cm³/mol. The zero-order valence-corrected chi connectivity index (χ0v) is 21.8. The van der Waals surface area contributed by atoms with Gasteiger partial charge in [-0.25, -0.2) is 4.79 Å². The van der Waals surface area contributed by atoms with Gasteiger partial charge in [0.15, 0.2) is 0 Å². The van der Waals surface area contributed by atoms with Crippen LogP contribution in [0.3, 0.4) is 0 Å². The second-order valence-corrected chi connectivity index (χ2v) is 11.2. The van der Waals surface area contributed by atoms with Crippen LogP contribution in [0.1, 0.15) is 66.9 Å². The van der Waals surface area contributed by atoms with E-state index in [1.807, 2.05) is 66.7 Å². The standard InChI is InChI=1S/C25H39BN2O6/c1-23(2,3)32-22(30)27-19-10-9-13-28(16-19)21(29)15-17-14-18(11-12-20(17)31-8)26-33-24(4,5)25(6,7)34-26/h11-12,14,19H,9-10,13,15-16H2,1-8H3,(H,27,30)/t19-/m0/s1. The highest BCUT2D eigenvalue weighted by Crippen LogP contribution is 2.36. The molecule has 0 spiro atoms. The van der Waals surface area contributed by atoms with Crippen LogP contribution in [-0.2, 0) is 25.3 Å². The topological polar surface area (TPSA) is 86.3 Å². The molecule has 1 aromatic carbocycles. The predicted octanol–water partition coefficient (Wildman–Crippen LogP) is 3.05. The monoisotopic (exact) mass is 474 g/mol. The lowest BCUT2D eigenvalue weighted by Crippen LogP contribution is -2.50. The number of carbonyl (C=O) groups excluding carboxylic acids is 2. The molecule has 188 valence electrons. The van der Waals surface area contributed by atoms with Gasteiger partial charge in [0.1, 0.15) is 11.4 Å². The molecule has 2 aliphatic rings. The number of ether oxygens (including phenoxy) is 2. The Hall–Kier alpha value is -2.26. The minimum atomic E-state index is -0.562. The van der Waals surface area contributed by atoms with Crippen molar-refractivity contribution in [1.29, 1.82) is 0 Å². The molecule has 2 amide bonds. The van der Waals surface area contributed by atoms with Crippen molar-refractivity contribution in [2.45, 2.75) is 90.6 Å². The number of carbonyl (C=O) groups is 2. The van der Waals surface area contributed by atoms with E-state index in [4.69, 9.17) is 18.8 Å². The summed E-state index contributed by atoms with van der Waals surface area (Å²) >= 11 is 0. The third-order valence-corrected chi connectivity index (χ3v) is 6.67. The largest absolute Gasteiger partial charge is 0.496 e. The number of amides is 2. The lowest BCUT2D eigenvalue weighted by molar-refractivity contribution is -0.131. The van der Waals surface area contributed by atoms with Crippen LogP contribution in [0.5, 0.6) is 5.75 Å². The first kappa shape index (κ1) is 26.4. The fourth-order valence-electron chi connectivity index (χ4n) is 4.13. The molecule has 34 heavy (non-hydrogen) atoms. The number of rotatable bonds is 5. The first-order valence-corrected chi connectivity index (χ1v) is 12.0. The van der Waals surface area contributed by atoms with Gasteiger partial charge in [-0.05, 0) is 72.8 Å². The Morgan fingerprint density at radius 2 is 1.82 bits per heavy atom. The van der Waals surface area contributed by atoms with Crippen LogP contribution in [0.15, 0.2) is 18.2 Å². The smallest absolute Gasteiger partial charge is 0.494 e. The highest BCUT2D eigenvalue weighted by Gasteiger charge is 2.51. The summed E-state index contributed by atoms with van der Waals surface area (Å²) in [5.74, 6) is 0.633. The maximum Gasteiger partial charge on any atom is 0.494 e. The summed E-state index contributed by atoms with van der Waals surface area (Å²) in [5.41, 5.74) is 0.175. The Morgan fingerprint density at radius 3 is 2.41 bits per heavy atom. The zero-order valence-electron chi connectivity index (χ0n) is 21.8. The van der Waals surface area contributed by atoms with Crippen LogP contribution >= 0.6 is 0 Å². The lowest BCUT2D eigenvalue weighted by Gasteiger charge is -2.33. The van der Waals surface area contributed by atoms with Crippen molar-refractivity contribution in [3.63, 3.8) is 0 Å². The highest BCUT2D eigenvalue weighted by molar-refractivity contribution is 6.62. The van der Waals surface area contributed by atoms with Gasteiger partial charge in [-0.15, -0.1) is 0 Å². The number of methoxy groups -OCH3 is 1. The van der Waals surface area contributed by atoms with Gasteiger partial charge in [-0.2, -0.15) is 0 Å².